The van der Waals surface area contributed by atoms with Crippen LogP contribution in [0.3, 0.4) is 0 Å². The first-order valence-corrected chi connectivity index (χ1v) is 9.52. The Morgan fingerprint density at radius 3 is 2.85 bits per heavy atom. The van der Waals surface area contributed by atoms with Gasteiger partial charge in [-0.15, -0.1) is 0 Å². The third-order valence-corrected chi connectivity index (χ3v) is 8.68. The van der Waals surface area contributed by atoms with Gasteiger partial charge in [0.1, 0.15) is 22.5 Å². The van der Waals surface area contributed by atoms with Gasteiger partial charge in [-0.3, -0.25) is 9.59 Å². The number of hydrogen-bond acceptors (Lipinski definition) is 4. The Labute approximate surface area is 151 Å². The van der Waals surface area contributed by atoms with Crippen LogP contribution in [-0.4, -0.2) is 30.3 Å². The first kappa shape index (κ1) is 16.7. The molecule has 0 amide bonds. The molecule has 4 aliphatic carbocycles. The number of rotatable bonds is 1. The summed E-state index contributed by atoms with van der Waals surface area (Å²) >= 11 is 0. The van der Waals surface area contributed by atoms with Gasteiger partial charge >= 0.3 is 11.9 Å². The van der Waals surface area contributed by atoms with Crippen LogP contribution >= 0.6 is 0 Å². The minimum atomic E-state index is -1.48. The molecule has 1 saturated heterocycles. The Bertz CT molecular complexity index is 765. The number of alkyl halides is 1. The number of esters is 2. The molecule has 1 aliphatic heterocycles. The van der Waals surface area contributed by atoms with E-state index < -0.39 is 51.7 Å². The van der Waals surface area contributed by atoms with E-state index in [1.54, 1.807) is 0 Å². The molecule has 26 heavy (non-hydrogen) atoms. The molecule has 0 radical (unpaired) electrons. The lowest BCUT2D eigenvalue weighted by Gasteiger charge is -2.44. The van der Waals surface area contributed by atoms with E-state index >= 15 is 4.39 Å². The predicted molar refractivity (Wildman–Crippen MR) is 87.1 cm³/mol. The van der Waals surface area contributed by atoms with Crippen LogP contribution in [0.25, 0.3) is 0 Å². The molecule has 0 aromatic carbocycles. The van der Waals surface area contributed by atoms with Crippen LogP contribution in [0.5, 0.6) is 0 Å². The Morgan fingerprint density at radius 2 is 2.15 bits per heavy atom. The van der Waals surface area contributed by atoms with Crippen molar-refractivity contribution in [2.45, 2.75) is 57.2 Å². The van der Waals surface area contributed by atoms with Gasteiger partial charge in [0.05, 0.1) is 13.0 Å². The highest BCUT2D eigenvalue weighted by atomic mass is 19.1. The van der Waals surface area contributed by atoms with E-state index in [0.717, 1.165) is 0 Å². The smallest absolute Gasteiger partial charge is 0.319 e. The van der Waals surface area contributed by atoms with Gasteiger partial charge in [0.15, 0.2) is 0 Å². The molecule has 6 heteroatoms. The molecular weight excluding hydrogens is 342 g/mol. The second-order valence-electron chi connectivity index (χ2n) is 9.42. The molecule has 1 spiro atoms. The largest absolute Gasteiger partial charge is 0.469 e. The maximum Gasteiger partial charge on any atom is 0.319 e. The normalized spacial score (nSPS) is 56.5. The average Bonchev–Trinajstić information content (AvgIpc) is 3.02. The molecule has 0 N–H and O–H groups in total. The van der Waals surface area contributed by atoms with E-state index in [2.05, 4.69) is 0 Å². The lowest BCUT2D eigenvalue weighted by molar-refractivity contribution is -0.162. The Hall–Kier alpha value is -1.46. The monoisotopic (exact) mass is 366 g/mol. The number of methoxy groups -OCH3 is 1. The van der Waals surface area contributed by atoms with Gasteiger partial charge in [0.25, 0.3) is 0 Å². The molecule has 0 aromatic heterocycles. The van der Waals surface area contributed by atoms with Crippen LogP contribution in [0, 0.1) is 34.5 Å². The highest BCUT2D eigenvalue weighted by Gasteiger charge is 2.84. The molecular formula is C20H24F2O4. The van der Waals surface area contributed by atoms with Gasteiger partial charge in [0.2, 0.25) is 0 Å². The minimum Gasteiger partial charge on any atom is -0.469 e. The van der Waals surface area contributed by atoms with Gasteiger partial charge in [-0.1, -0.05) is 6.92 Å². The van der Waals surface area contributed by atoms with Crippen molar-refractivity contribution in [2.24, 2.45) is 34.5 Å². The summed E-state index contributed by atoms with van der Waals surface area (Å²) in [5.41, 5.74) is -4.31. The van der Waals surface area contributed by atoms with Crippen molar-refractivity contribution in [3.05, 3.63) is 11.9 Å². The van der Waals surface area contributed by atoms with Gasteiger partial charge in [-0.25, -0.2) is 8.78 Å². The van der Waals surface area contributed by atoms with Gasteiger partial charge < -0.3 is 9.47 Å². The van der Waals surface area contributed by atoms with E-state index in [9.17, 15) is 14.0 Å². The Kier molecular flexibility index (Phi) is 2.89. The fourth-order valence-corrected chi connectivity index (χ4v) is 7.71. The summed E-state index contributed by atoms with van der Waals surface area (Å²) in [6.45, 7) is 3.44. The number of carbonyl (C=O) groups excluding carboxylic acids is 2. The highest BCUT2D eigenvalue weighted by molar-refractivity contribution is 5.87. The predicted octanol–water partition coefficient (Wildman–Crippen LogP) is 3.50. The zero-order chi connectivity index (χ0) is 18.7. The summed E-state index contributed by atoms with van der Waals surface area (Å²) in [6, 6.07) is 0. The summed E-state index contributed by atoms with van der Waals surface area (Å²) in [5.74, 6) is -3.22. The number of fused-ring (bicyclic) bond motifs is 1. The molecule has 142 valence electrons. The molecule has 4 bridgehead atoms. The maximum absolute atomic E-state index is 15.5. The zero-order valence-corrected chi connectivity index (χ0v) is 15.3. The molecule has 0 aromatic rings. The highest BCUT2D eigenvalue weighted by Crippen LogP contribution is 2.79. The third kappa shape index (κ3) is 1.46. The van der Waals surface area contributed by atoms with Gasteiger partial charge in [-0.2, -0.15) is 0 Å². The van der Waals surface area contributed by atoms with Gasteiger partial charge in [0, 0.05) is 18.3 Å². The molecule has 1 heterocycles. The maximum atomic E-state index is 15.5. The molecule has 4 nitrogen and oxygen atoms in total. The fraction of sp³-hybridized carbons (Fsp3) is 0.800. The van der Waals surface area contributed by atoms with E-state index in [1.165, 1.54) is 20.1 Å². The zero-order valence-electron chi connectivity index (χ0n) is 15.3. The summed E-state index contributed by atoms with van der Waals surface area (Å²) < 4.78 is 41.4. The van der Waals surface area contributed by atoms with Crippen molar-refractivity contribution < 1.29 is 27.8 Å². The van der Waals surface area contributed by atoms with E-state index in [-0.39, 0.29) is 24.7 Å². The van der Waals surface area contributed by atoms with E-state index in [4.69, 9.17) is 9.47 Å². The molecule has 5 rings (SSSR count). The summed E-state index contributed by atoms with van der Waals surface area (Å²) in [5, 5.41) is 0. The van der Waals surface area contributed by atoms with Crippen LogP contribution in [0.4, 0.5) is 8.78 Å². The van der Waals surface area contributed by atoms with Crippen LogP contribution in [0.15, 0.2) is 11.9 Å². The number of halogens is 2. The van der Waals surface area contributed by atoms with Crippen LogP contribution in [-0.2, 0) is 19.1 Å². The summed E-state index contributed by atoms with van der Waals surface area (Å²) in [4.78, 5) is 25.7. The quantitative estimate of drug-likeness (QED) is 0.667. The average molecular weight is 366 g/mol. The topological polar surface area (TPSA) is 52.6 Å². The van der Waals surface area contributed by atoms with Crippen LogP contribution < -0.4 is 0 Å². The number of ether oxygens (including phenoxy) is 2. The Morgan fingerprint density at radius 1 is 1.42 bits per heavy atom. The number of hydrogen-bond donors (Lipinski definition) is 0. The molecule has 3 unspecified atom stereocenters. The summed E-state index contributed by atoms with van der Waals surface area (Å²) in [6.07, 6.45) is 3.51. The minimum absolute atomic E-state index is 0.131. The molecule has 4 fully saturated rings. The van der Waals surface area contributed by atoms with E-state index in [1.807, 2.05) is 6.92 Å². The van der Waals surface area contributed by atoms with Gasteiger partial charge in [-0.05, 0) is 50.0 Å². The van der Waals surface area contributed by atoms with Crippen molar-refractivity contribution in [3.8, 4) is 0 Å². The van der Waals surface area contributed by atoms with Crippen LogP contribution in [0.2, 0.25) is 0 Å². The van der Waals surface area contributed by atoms with Crippen molar-refractivity contribution in [3.63, 3.8) is 0 Å². The van der Waals surface area contributed by atoms with E-state index in [0.29, 0.717) is 19.3 Å². The lowest BCUT2D eigenvalue weighted by Crippen LogP contribution is -2.47. The molecule has 5 aliphatic rings. The first-order valence-electron chi connectivity index (χ1n) is 9.52. The fourth-order valence-electron chi connectivity index (χ4n) is 7.71. The Balaban J connectivity index is 1.76. The third-order valence-electron chi connectivity index (χ3n) is 8.68. The van der Waals surface area contributed by atoms with Crippen molar-refractivity contribution >= 4 is 11.9 Å². The number of carbonyl (C=O) groups is 2. The first-order chi connectivity index (χ1) is 12.2. The molecule has 3 saturated carbocycles. The van der Waals surface area contributed by atoms with Crippen LogP contribution in [0.1, 0.15) is 46.0 Å². The second-order valence-corrected chi connectivity index (χ2v) is 9.42. The lowest BCUT2D eigenvalue weighted by atomic mass is 9.62. The second kappa shape index (κ2) is 4.50. The summed E-state index contributed by atoms with van der Waals surface area (Å²) in [7, 11) is 1.31. The SMILES string of the molecule is COC(=O)[C@H]1C2[C@]3(C)C(=O)O[C@]2(CC=C3F)C2CC[C@]3(F)C[C@@]21CC3C. The van der Waals surface area contributed by atoms with Crippen molar-refractivity contribution in [1.29, 1.82) is 0 Å². The standard InChI is InChI=1S/C20H24F2O4/c1-10-8-18-9-19(10,22)6-4-11(18)20-7-5-12(21)17(2,16(24)26-20)14(20)13(18)15(23)25-3/h5,10-11,13-14H,4,6-9H2,1-3H3/t10?,11?,13-,14?,17-,18+,19+,20-/m1/s1. The molecule has 8 atom stereocenters. The van der Waals surface area contributed by atoms with Crippen molar-refractivity contribution in [2.75, 3.05) is 7.11 Å². The van der Waals surface area contributed by atoms with Crippen molar-refractivity contribution in [1.82, 2.24) is 0 Å².